The summed E-state index contributed by atoms with van der Waals surface area (Å²) in [4.78, 5) is 49.8. The number of nitrogens with one attached hydrogen (secondary N) is 1. The summed E-state index contributed by atoms with van der Waals surface area (Å²) in [6.07, 6.45) is 0. The normalized spacial score (nSPS) is 12.9. The number of methoxy groups -OCH3 is 1. The summed E-state index contributed by atoms with van der Waals surface area (Å²) < 4.78 is 4.93. The number of ether oxygens (including phenoxy) is 1. The molecule has 0 unspecified atom stereocenters. The minimum atomic E-state index is -1.16. The van der Waals surface area contributed by atoms with E-state index in [0.29, 0.717) is 10.6 Å². The van der Waals surface area contributed by atoms with Gasteiger partial charge in [-0.15, -0.1) is 0 Å². The van der Waals surface area contributed by atoms with Gasteiger partial charge in [0, 0.05) is 10.6 Å². The van der Waals surface area contributed by atoms with E-state index >= 15 is 0 Å². The fourth-order valence-electron chi connectivity index (χ4n) is 3.54. The van der Waals surface area contributed by atoms with E-state index in [1.807, 2.05) is 0 Å². The van der Waals surface area contributed by atoms with Gasteiger partial charge in [0.15, 0.2) is 5.75 Å². The lowest BCUT2D eigenvalue weighted by Crippen LogP contribution is -2.34. The zero-order valence-corrected chi connectivity index (χ0v) is 16.7. The molecule has 0 fully saturated rings. The van der Waals surface area contributed by atoms with Gasteiger partial charge in [-0.1, -0.05) is 17.7 Å². The number of hydrogen-bond donors (Lipinski definition) is 2. The number of aryl methyl sites for hydroxylation is 1. The SMILES string of the molecule is COc1c(Nc2ccc(Cl)c3c2C(=O)N(c2cc(C)ccc2C(=O)O)C3)c(=O)c1=O. The summed E-state index contributed by atoms with van der Waals surface area (Å²) in [6.45, 7) is 1.86. The van der Waals surface area contributed by atoms with Crippen molar-refractivity contribution in [2.75, 3.05) is 17.3 Å². The van der Waals surface area contributed by atoms with Gasteiger partial charge in [0.05, 0.1) is 36.2 Å². The molecule has 0 atom stereocenters. The van der Waals surface area contributed by atoms with E-state index in [2.05, 4.69) is 5.32 Å². The number of anilines is 3. The quantitative estimate of drug-likeness (QED) is 0.603. The number of aromatic carboxylic acids is 1. The maximum Gasteiger partial charge on any atom is 0.337 e. The summed E-state index contributed by atoms with van der Waals surface area (Å²) in [7, 11) is 1.27. The number of halogens is 1. The number of carbonyl (C=O) groups excluding carboxylic acids is 1. The predicted octanol–water partition coefficient (Wildman–Crippen LogP) is 2.86. The molecule has 8 nitrogen and oxygen atoms in total. The topological polar surface area (TPSA) is 113 Å². The number of benzene rings is 2. The molecular formula is C21H15ClN2O6. The number of rotatable bonds is 5. The Kier molecular flexibility index (Phi) is 4.58. The lowest BCUT2D eigenvalue weighted by Gasteiger charge is -2.19. The fourth-order valence-corrected chi connectivity index (χ4v) is 3.76. The summed E-state index contributed by atoms with van der Waals surface area (Å²) in [6, 6.07) is 7.80. The molecule has 0 aliphatic carbocycles. The summed E-state index contributed by atoms with van der Waals surface area (Å²) >= 11 is 6.30. The second-order valence-corrected chi connectivity index (χ2v) is 7.26. The van der Waals surface area contributed by atoms with E-state index in [4.69, 9.17) is 16.3 Å². The smallest absolute Gasteiger partial charge is 0.337 e. The van der Waals surface area contributed by atoms with E-state index in [-0.39, 0.29) is 40.5 Å². The van der Waals surface area contributed by atoms with Crippen LogP contribution in [0.3, 0.4) is 0 Å². The van der Waals surface area contributed by atoms with Crippen molar-refractivity contribution >= 4 is 40.5 Å². The Balaban J connectivity index is 1.80. The van der Waals surface area contributed by atoms with Crippen LogP contribution in [0.5, 0.6) is 5.75 Å². The van der Waals surface area contributed by atoms with Crippen LogP contribution in [0.25, 0.3) is 0 Å². The van der Waals surface area contributed by atoms with Gasteiger partial charge in [0.2, 0.25) is 0 Å². The van der Waals surface area contributed by atoms with Crippen molar-refractivity contribution in [2.45, 2.75) is 13.5 Å². The Labute approximate surface area is 175 Å². The van der Waals surface area contributed by atoms with Crippen LogP contribution in [-0.4, -0.2) is 24.1 Å². The number of hydrogen-bond acceptors (Lipinski definition) is 6. The van der Waals surface area contributed by atoms with Crippen molar-refractivity contribution in [1.82, 2.24) is 0 Å². The third kappa shape index (κ3) is 2.84. The zero-order chi connectivity index (χ0) is 21.7. The third-order valence-electron chi connectivity index (χ3n) is 5.04. The summed E-state index contributed by atoms with van der Waals surface area (Å²) in [5.74, 6) is -1.75. The summed E-state index contributed by atoms with van der Waals surface area (Å²) in [5, 5.41) is 12.7. The molecule has 152 valence electrons. The molecular weight excluding hydrogens is 412 g/mol. The molecule has 0 radical (unpaired) electrons. The second kappa shape index (κ2) is 7.00. The van der Waals surface area contributed by atoms with Crippen LogP contribution in [-0.2, 0) is 6.54 Å². The average Bonchev–Trinajstić information content (AvgIpc) is 3.07. The third-order valence-corrected chi connectivity index (χ3v) is 5.39. The van der Waals surface area contributed by atoms with Gasteiger partial charge in [-0.3, -0.25) is 14.4 Å². The van der Waals surface area contributed by atoms with Gasteiger partial charge in [0.1, 0.15) is 5.69 Å². The lowest BCUT2D eigenvalue weighted by molar-refractivity contribution is 0.0697. The predicted molar refractivity (Wildman–Crippen MR) is 111 cm³/mol. The second-order valence-electron chi connectivity index (χ2n) is 6.86. The molecule has 0 spiro atoms. The van der Waals surface area contributed by atoms with Gasteiger partial charge < -0.3 is 20.1 Å². The molecule has 0 saturated heterocycles. The molecule has 3 aromatic rings. The first-order chi connectivity index (χ1) is 14.2. The average molecular weight is 427 g/mol. The van der Waals surface area contributed by atoms with Crippen LogP contribution >= 0.6 is 11.6 Å². The first kappa shape index (κ1) is 19.7. The van der Waals surface area contributed by atoms with Crippen molar-refractivity contribution in [2.24, 2.45) is 0 Å². The minimum Gasteiger partial charge on any atom is -0.491 e. The van der Waals surface area contributed by atoms with Gasteiger partial charge in [-0.25, -0.2) is 4.79 Å². The van der Waals surface area contributed by atoms with Crippen LogP contribution in [0.2, 0.25) is 5.02 Å². The van der Waals surface area contributed by atoms with Crippen LogP contribution in [0, 0.1) is 6.92 Å². The first-order valence-electron chi connectivity index (χ1n) is 8.86. The van der Waals surface area contributed by atoms with Gasteiger partial charge in [-0.05, 0) is 36.8 Å². The van der Waals surface area contributed by atoms with E-state index in [1.54, 1.807) is 25.1 Å². The minimum absolute atomic E-state index is 0.0171. The van der Waals surface area contributed by atoms with E-state index in [9.17, 15) is 24.3 Å². The standard InChI is InChI=1S/C21H15ClN2O6/c1-9-3-4-10(21(28)29)14(7-9)24-8-11-12(22)5-6-13(15(11)20(24)27)23-16-17(25)18(26)19(16)30-2/h3-7,23H,8H2,1-2H3,(H,28,29). The molecule has 9 heteroatoms. The molecule has 0 bridgehead atoms. The molecule has 2 N–H and O–H groups in total. The van der Waals surface area contributed by atoms with Crippen molar-refractivity contribution in [1.29, 1.82) is 0 Å². The van der Waals surface area contributed by atoms with Crippen LogP contribution in [0.1, 0.15) is 31.8 Å². The van der Waals surface area contributed by atoms with Crippen LogP contribution in [0.15, 0.2) is 39.9 Å². The molecule has 3 aromatic carbocycles. The maximum absolute atomic E-state index is 13.3. The highest BCUT2D eigenvalue weighted by molar-refractivity contribution is 6.33. The van der Waals surface area contributed by atoms with Gasteiger partial charge in [-0.2, -0.15) is 0 Å². The Morgan fingerprint density at radius 1 is 1.17 bits per heavy atom. The largest absolute Gasteiger partial charge is 0.491 e. The highest BCUT2D eigenvalue weighted by atomic mass is 35.5. The van der Waals surface area contributed by atoms with Crippen molar-refractivity contribution in [3.8, 4) is 5.75 Å². The fraction of sp³-hybridized carbons (Fsp3) is 0.143. The van der Waals surface area contributed by atoms with Crippen LogP contribution < -0.4 is 25.8 Å². The Morgan fingerprint density at radius 3 is 2.57 bits per heavy atom. The van der Waals surface area contributed by atoms with Crippen molar-refractivity contribution in [3.05, 3.63) is 78.1 Å². The Bertz CT molecular complexity index is 1310. The maximum atomic E-state index is 13.3. The highest BCUT2D eigenvalue weighted by Crippen LogP contribution is 2.39. The number of carboxylic acid groups (broad SMARTS) is 1. The molecule has 0 saturated carbocycles. The lowest BCUT2D eigenvalue weighted by atomic mass is 10.1. The monoisotopic (exact) mass is 426 g/mol. The van der Waals surface area contributed by atoms with E-state index < -0.39 is 22.7 Å². The molecule has 1 heterocycles. The molecule has 1 amide bonds. The molecule has 0 aromatic heterocycles. The number of nitrogens with zero attached hydrogens (tertiary/aromatic N) is 1. The summed E-state index contributed by atoms with van der Waals surface area (Å²) in [5.41, 5.74) is 0.453. The van der Waals surface area contributed by atoms with Crippen LogP contribution in [0.4, 0.5) is 17.1 Å². The molecule has 1 aliphatic rings. The number of fused-ring (bicyclic) bond motifs is 1. The molecule has 4 rings (SSSR count). The van der Waals surface area contributed by atoms with E-state index in [1.165, 1.54) is 24.1 Å². The Morgan fingerprint density at radius 2 is 1.90 bits per heavy atom. The Hall–Kier alpha value is -3.65. The number of amides is 1. The number of carboxylic acids is 1. The van der Waals surface area contributed by atoms with Gasteiger partial charge in [0.25, 0.3) is 16.8 Å². The van der Waals surface area contributed by atoms with Gasteiger partial charge >= 0.3 is 5.97 Å². The highest BCUT2D eigenvalue weighted by Gasteiger charge is 2.35. The zero-order valence-electron chi connectivity index (χ0n) is 15.9. The molecule has 1 aliphatic heterocycles. The number of carbonyl (C=O) groups is 2. The first-order valence-corrected chi connectivity index (χ1v) is 9.24. The van der Waals surface area contributed by atoms with E-state index in [0.717, 1.165) is 5.56 Å². The van der Waals surface area contributed by atoms with Crippen molar-refractivity contribution in [3.63, 3.8) is 0 Å². The molecule has 30 heavy (non-hydrogen) atoms. The van der Waals surface area contributed by atoms with Crippen molar-refractivity contribution < 1.29 is 19.4 Å².